The molecular formula is C16H16ClN3O2. The Morgan fingerprint density at radius 1 is 1.27 bits per heavy atom. The summed E-state index contributed by atoms with van der Waals surface area (Å²) in [7, 11) is 1.57. The van der Waals surface area contributed by atoms with Gasteiger partial charge in [0.2, 0.25) is 0 Å². The summed E-state index contributed by atoms with van der Waals surface area (Å²) in [5.74, 6) is 0.523. The van der Waals surface area contributed by atoms with Crippen LogP contribution in [0.25, 0.3) is 0 Å². The molecule has 0 saturated heterocycles. The van der Waals surface area contributed by atoms with Crippen molar-refractivity contribution in [2.24, 2.45) is 0 Å². The van der Waals surface area contributed by atoms with Crippen molar-refractivity contribution in [1.29, 1.82) is 0 Å². The number of pyridine rings is 1. The fourth-order valence-corrected chi connectivity index (χ4v) is 2.30. The highest BCUT2D eigenvalue weighted by atomic mass is 35.5. The van der Waals surface area contributed by atoms with Gasteiger partial charge in [-0.25, -0.2) is 0 Å². The SMILES string of the molecule is COc1ccc(Nc2cncc(C(=O)NC3CC3)c2)cc1Cl. The zero-order chi connectivity index (χ0) is 15.5. The van der Waals surface area contributed by atoms with E-state index in [0.29, 0.717) is 22.4 Å². The minimum atomic E-state index is -0.0913. The van der Waals surface area contributed by atoms with Crippen LogP contribution in [-0.4, -0.2) is 24.0 Å². The van der Waals surface area contributed by atoms with E-state index in [2.05, 4.69) is 15.6 Å². The Labute approximate surface area is 133 Å². The van der Waals surface area contributed by atoms with Gasteiger partial charge in [-0.1, -0.05) is 11.6 Å². The van der Waals surface area contributed by atoms with Gasteiger partial charge < -0.3 is 15.4 Å². The van der Waals surface area contributed by atoms with Crippen molar-refractivity contribution < 1.29 is 9.53 Å². The van der Waals surface area contributed by atoms with Crippen molar-refractivity contribution in [1.82, 2.24) is 10.3 Å². The molecular weight excluding hydrogens is 302 g/mol. The van der Waals surface area contributed by atoms with Crippen LogP contribution in [0.5, 0.6) is 5.75 Å². The molecule has 1 aliphatic rings. The fourth-order valence-electron chi connectivity index (χ4n) is 2.04. The molecule has 6 heteroatoms. The second-order valence-electron chi connectivity index (χ2n) is 5.18. The van der Waals surface area contributed by atoms with Crippen LogP contribution in [0, 0.1) is 0 Å². The fraction of sp³-hybridized carbons (Fsp3) is 0.250. The number of benzene rings is 1. The molecule has 114 valence electrons. The zero-order valence-corrected chi connectivity index (χ0v) is 12.9. The van der Waals surface area contributed by atoms with Crippen LogP contribution in [-0.2, 0) is 0 Å². The maximum absolute atomic E-state index is 12.0. The van der Waals surface area contributed by atoms with Gasteiger partial charge in [-0.3, -0.25) is 9.78 Å². The van der Waals surface area contributed by atoms with E-state index < -0.39 is 0 Å². The molecule has 0 spiro atoms. The lowest BCUT2D eigenvalue weighted by atomic mass is 10.2. The highest BCUT2D eigenvalue weighted by Crippen LogP contribution is 2.28. The first-order valence-corrected chi connectivity index (χ1v) is 7.40. The normalized spacial score (nSPS) is 13.5. The molecule has 0 unspecified atom stereocenters. The van der Waals surface area contributed by atoms with Gasteiger partial charge in [0.15, 0.2) is 0 Å². The Morgan fingerprint density at radius 3 is 2.77 bits per heavy atom. The molecule has 0 aliphatic heterocycles. The molecule has 0 atom stereocenters. The minimum Gasteiger partial charge on any atom is -0.495 e. The van der Waals surface area contributed by atoms with E-state index in [1.807, 2.05) is 6.07 Å². The minimum absolute atomic E-state index is 0.0913. The average molecular weight is 318 g/mol. The van der Waals surface area contributed by atoms with Gasteiger partial charge >= 0.3 is 0 Å². The molecule has 1 amide bonds. The van der Waals surface area contributed by atoms with Gasteiger partial charge in [-0.05, 0) is 37.1 Å². The number of carbonyl (C=O) groups excluding carboxylic acids is 1. The third-order valence-electron chi connectivity index (χ3n) is 3.35. The van der Waals surface area contributed by atoms with Crippen molar-refractivity contribution in [2.75, 3.05) is 12.4 Å². The number of hydrogen-bond acceptors (Lipinski definition) is 4. The standard InChI is InChI=1S/C16H16ClN3O2/c1-22-15-5-4-12(7-14(15)17)19-13-6-10(8-18-9-13)16(21)20-11-2-3-11/h4-9,11,19H,2-3H2,1H3,(H,20,21). The van der Waals surface area contributed by atoms with Crippen molar-refractivity contribution >= 4 is 28.9 Å². The number of nitrogens with zero attached hydrogens (tertiary/aromatic N) is 1. The van der Waals surface area contributed by atoms with Gasteiger partial charge in [0.1, 0.15) is 5.75 Å². The van der Waals surface area contributed by atoms with Gasteiger partial charge in [-0.2, -0.15) is 0 Å². The van der Waals surface area contributed by atoms with E-state index in [4.69, 9.17) is 16.3 Å². The average Bonchev–Trinajstić information content (AvgIpc) is 3.32. The Balaban J connectivity index is 1.74. The first-order chi connectivity index (χ1) is 10.7. The molecule has 3 rings (SSSR count). The number of nitrogens with one attached hydrogen (secondary N) is 2. The lowest BCUT2D eigenvalue weighted by molar-refractivity contribution is 0.0951. The Morgan fingerprint density at radius 2 is 2.09 bits per heavy atom. The number of amides is 1. The van der Waals surface area contributed by atoms with Crippen LogP contribution in [0.15, 0.2) is 36.7 Å². The molecule has 1 fully saturated rings. The van der Waals surface area contributed by atoms with Crippen LogP contribution in [0.2, 0.25) is 5.02 Å². The summed E-state index contributed by atoms with van der Waals surface area (Å²) >= 11 is 6.10. The second kappa shape index (κ2) is 6.23. The summed E-state index contributed by atoms with van der Waals surface area (Å²) in [5, 5.41) is 6.64. The third-order valence-corrected chi connectivity index (χ3v) is 3.65. The summed E-state index contributed by atoms with van der Waals surface area (Å²) in [6.07, 6.45) is 5.33. The predicted molar refractivity (Wildman–Crippen MR) is 86.0 cm³/mol. The molecule has 1 aliphatic carbocycles. The smallest absolute Gasteiger partial charge is 0.253 e. The summed E-state index contributed by atoms with van der Waals surface area (Å²) in [6, 6.07) is 7.48. The maximum atomic E-state index is 12.0. The lowest BCUT2D eigenvalue weighted by Crippen LogP contribution is -2.25. The molecule has 0 radical (unpaired) electrons. The van der Waals surface area contributed by atoms with Crippen molar-refractivity contribution in [3.05, 3.63) is 47.2 Å². The highest BCUT2D eigenvalue weighted by molar-refractivity contribution is 6.32. The first kappa shape index (κ1) is 14.7. The monoisotopic (exact) mass is 317 g/mol. The molecule has 2 N–H and O–H groups in total. The van der Waals surface area contributed by atoms with E-state index >= 15 is 0 Å². The largest absolute Gasteiger partial charge is 0.495 e. The quantitative estimate of drug-likeness (QED) is 0.887. The van der Waals surface area contributed by atoms with E-state index in [1.54, 1.807) is 37.7 Å². The van der Waals surface area contributed by atoms with Gasteiger partial charge in [0, 0.05) is 17.9 Å². The van der Waals surface area contributed by atoms with E-state index in [9.17, 15) is 4.79 Å². The highest BCUT2D eigenvalue weighted by Gasteiger charge is 2.23. The summed E-state index contributed by atoms with van der Waals surface area (Å²) < 4.78 is 5.12. The molecule has 2 aromatic rings. The summed E-state index contributed by atoms with van der Waals surface area (Å²) in [4.78, 5) is 16.1. The number of carbonyl (C=O) groups is 1. The molecule has 5 nitrogen and oxygen atoms in total. The Kier molecular flexibility index (Phi) is 4.15. The predicted octanol–water partition coefficient (Wildman–Crippen LogP) is 3.38. The number of hydrogen-bond donors (Lipinski definition) is 2. The second-order valence-corrected chi connectivity index (χ2v) is 5.59. The number of ether oxygens (including phenoxy) is 1. The zero-order valence-electron chi connectivity index (χ0n) is 12.1. The van der Waals surface area contributed by atoms with Crippen LogP contribution in [0.1, 0.15) is 23.2 Å². The van der Waals surface area contributed by atoms with E-state index in [-0.39, 0.29) is 5.91 Å². The van der Waals surface area contributed by atoms with Gasteiger partial charge in [0.05, 0.1) is 29.6 Å². The number of rotatable bonds is 5. The van der Waals surface area contributed by atoms with Crippen LogP contribution in [0.3, 0.4) is 0 Å². The molecule has 0 bridgehead atoms. The first-order valence-electron chi connectivity index (χ1n) is 7.02. The number of halogens is 1. The van der Waals surface area contributed by atoms with Crippen LogP contribution < -0.4 is 15.4 Å². The van der Waals surface area contributed by atoms with Crippen molar-refractivity contribution in [3.63, 3.8) is 0 Å². The Bertz CT molecular complexity index is 702. The van der Waals surface area contributed by atoms with Crippen LogP contribution in [0.4, 0.5) is 11.4 Å². The van der Waals surface area contributed by atoms with Crippen LogP contribution >= 0.6 is 11.6 Å². The topological polar surface area (TPSA) is 63.2 Å². The summed E-state index contributed by atoms with van der Waals surface area (Å²) in [5.41, 5.74) is 2.06. The Hall–Kier alpha value is -2.27. The number of aromatic nitrogens is 1. The molecule has 1 saturated carbocycles. The molecule has 1 aromatic heterocycles. The molecule has 22 heavy (non-hydrogen) atoms. The van der Waals surface area contributed by atoms with Crippen molar-refractivity contribution in [2.45, 2.75) is 18.9 Å². The van der Waals surface area contributed by atoms with Gasteiger partial charge in [0.25, 0.3) is 5.91 Å². The van der Waals surface area contributed by atoms with Gasteiger partial charge in [-0.15, -0.1) is 0 Å². The third kappa shape index (κ3) is 3.49. The maximum Gasteiger partial charge on any atom is 0.253 e. The molecule has 1 aromatic carbocycles. The lowest BCUT2D eigenvalue weighted by Gasteiger charge is -2.10. The van der Waals surface area contributed by atoms with E-state index in [0.717, 1.165) is 24.2 Å². The number of methoxy groups -OCH3 is 1. The van der Waals surface area contributed by atoms with E-state index in [1.165, 1.54) is 0 Å². The number of anilines is 2. The summed E-state index contributed by atoms with van der Waals surface area (Å²) in [6.45, 7) is 0. The van der Waals surface area contributed by atoms with Crippen molar-refractivity contribution in [3.8, 4) is 5.75 Å². The molecule has 1 heterocycles.